The molecule has 1 aromatic heterocycles. The summed E-state index contributed by atoms with van der Waals surface area (Å²) in [6.07, 6.45) is 0. The van der Waals surface area contributed by atoms with Crippen molar-refractivity contribution in [3.63, 3.8) is 0 Å². The molecule has 0 atom stereocenters. The van der Waals surface area contributed by atoms with Crippen molar-refractivity contribution in [2.45, 2.75) is 6.54 Å². The van der Waals surface area contributed by atoms with E-state index >= 15 is 0 Å². The number of hydrogen-bond acceptors (Lipinski definition) is 7. The molecule has 3 aliphatic rings. The van der Waals surface area contributed by atoms with Crippen LogP contribution in [0.2, 0.25) is 0 Å². The number of likely N-dealkylation sites (tertiary alicyclic amines) is 1. The summed E-state index contributed by atoms with van der Waals surface area (Å²) in [5.74, 6) is 2.02. The zero-order valence-electron chi connectivity index (χ0n) is 19.0. The Morgan fingerprint density at radius 3 is 2.56 bits per heavy atom. The zero-order chi connectivity index (χ0) is 23.1. The maximum atomic E-state index is 10.1. The molecule has 0 aliphatic carbocycles. The predicted molar refractivity (Wildman–Crippen MR) is 126 cm³/mol. The van der Waals surface area contributed by atoms with E-state index in [2.05, 4.69) is 17.0 Å². The van der Waals surface area contributed by atoms with Crippen molar-refractivity contribution in [2.24, 2.45) is 5.41 Å². The third kappa shape index (κ3) is 3.56. The minimum atomic E-state index is 0.372. The van der Waals surface area contributed by atoms with Crippen LogP contribution in [-0.4, -0.2) is 56.5 Å². The number of aromatic nitrogens is 1. The Morgan fingerprint density at radius 1 is 1.03 bits per heavy atom. The van der Waals surface area contributed by atoms with E-state index in [-0.39, 0.29) is 0 Å². The van der Waals surface area contributed by atoms with Crippen LogP contribution < -0.4 is 14.2 Å². The molecule has 7 nitrogen and oxygen atoms in total. The van der Waals surface area contributed by atoms with Gasteiger partial charge in [0, 0.05) is 41.7 Å². The number of pyridine rings is 1. The number of hydrogen-bond donors (Lipinski definition) is 0. The van der Waals surface area contributed by atoms with Crippen LogP contribution in [0.5, 0.6) is 17.4 Å². The fraction of sp³-hybridized carbons (Fsp3) is 0.333. The Bertz CT molecular complexity index is 1290. The van der Waals surface area contributed by atoms with Crippen molar-refractivity contribution in [3.05, 3.63) is 59.7 Å². The lowest BCUT2D eigenvalue weighted by atomic mass is 9.78. The fourth-order valence-electron chi connectivity index (χ4n) is 5.08. The van der Waals surface area contributed by atoms with E-state index in [9.17, 15) is 5.26 Å². The number of ether oxygens (including phenoxy) is 4. The van der Waals surface area contributed by atoms with E-state index in [1.54, 1.807) is 7.11 Å². The van der Waals surface area contributed by atoms with Gasteiger partial charge in [0.05, 0.1) is 31.6 Å². The molecule has 0 amide bonds. The Labute approximate surface area is 198 Å². The lowest BCUT2D eigenvalue weighted by Crippen LogP contribution is -2.65. The molecule has 2 aromatic carbocycles. The first-order chi connectivity index (χ1) is 16.7. The van der Waals surface area contributed by atoms with Gasteiger partial charge in [0.1, 0.15) is 19.3 Å². The Morgan fingerprint density at radius 2 is 1.82 bits per heavy atom. The highest BCUT2D eigenvalue weighted by atomic mass is 16.6. The first-order valence-electron chi connectivity index (χ1n) is 11.5. The van der Waals surface area contributed by atoms with E-state index in [1.165, 1.54) is 0 Å². The summed E-state index contributed by atoms with van der Waals surface area (Å²) < 4.78 is 22.4. The minimum absolute atomic E-state index is 0.372. The normalized spacial score (nSPS) is 18.0. The van der Waals surface area contributed by atoms with Gasteiger partial charge in [-0.3, -0.25) is 4.90 Å². The molecule has 3 aliphatic heterocycles. The highest BCUT2D eigenvalue weighted by molar-refractivity contribution is 5.81. The number of rotatable bonds is 5. The standard InChI is InChI=1S/C27H25N3O4/c1-31-26-19(13-30-14-27(15-30)16-32-17-27)5-7-23(29-26)21-4-2-3-20(22(21)12-28)18-6-8-24-25(11-18)34-10-9-33-24/h2-8,11H,9-10,13-17H2,1H3. The van der Waals surface area contributed by atoms with E-state index in [0.717, 1.165) is 60.9 Å². The van der Waals surface area contributed by atoms with Crippen LogP contribution in [0, 0.1) is 16.7 Å². The highest BCUT2D eigenvalue weighted by Gasteiger charge is 2.48. The van der Waals surface area contributed by atoms with Gasteiger partial charge in [-0.15, -0.1) is 0 Å². The summed E-state index contributed by atoms with van der Waals surface area (Å²) >= 11 is 0. The van der Waals surface area contributed by atoms with Crippen molar-refractivity contribution >= 4 is 0 Å². The van der Waals surface area contributed by atoms with E-state index in [4.69, 9.17) is 23.9 Å². The molecule has 2 fully saturated rings. The van der Waals surface area contributed by atoms with Crippen LogP contribution in [0.4, 0.5) is 0 Å². The lowest BCUT2D eigenvalue weighted by Gasteiger charge is -2.55. The van der Waals surface area contributed by atoms with Crippen LogP contribution in [0.15, 0.2) is 48.5 Å². The van der Waals surface area contributed by atoms with Crippen molar-refractivity contribution < 1.29 is 18.9 Å². The van der Waals surface area contributed by atoms with Gasteiger partial charge in [0.2, 0.25) is 5.88 Å². The molecule has 0 saturated carbocycles. The van der Waals surface area contributed by atoms with Gasteiger partial charge >= 0.3 is 0 Å². The largest absolute Gasteiger partial charge is 0.486 e. The number of fused-ring (bicyclic) bond motifs is 1. The summed E-state index contributed by atoms with van der Waals surface area (Å²) in [4.78, 5) is 7.18. The van der Waals surface area contributed by atoms with E-state index in [0.29, 0.717) is 41.5 Å². The van der Waals surface area contributed by atoms with Gasteiger partial charge in [-0.1, -0.05) is 30.3 Å². The van der Waals surface area contributed by atoms with Crippen LogP contribution in [-0.2, 0) is 11.3 Å². The van der Waals surface area contributed by atoms with Gasteiger partial charge in [-0.2, -0.15) is 5.26 Å². The summed E-state index contributed by atoms with van der Waals surface area (Å²) in [7, 11) is 1.64. The average molecular weight is 456 g/mol. The van der Waals surface area contributed by atoms with Gasteiger partial charge in [-0.05, 0) is 23.8 Å². The molecule has 172 valence electrons. The quantitative estimate of drug-likeness (QED) is 0.578. The maximum absolute atomic E-state index is 10.1. The van der Waals surface area contributed by atoms with Crippen LogP contribution in [0.3, 0.4) is 0 Å². The van der Waals surface area contributed by atoms with Gasteiger partial charge < -0.3 is 18.9 Å². The monoisotopic (exact) mass is 455 g/mol. The molecule has 0 unspecified atom stereocenters. The molecular weight excluding hydrogens is 430 g/mol. The topological polar surface area (TPSA) is 76.8 Å². The van der Waals surface area contributed by atoms with Gasteiger partial charge in [0.25, 0.3) is 0 Å². The van der Waals surface area contributed by atoms with E-state index in [1.807, 2.05) is 42.5 Å². The zero-order valence-corrected chi connectivity index (χ0v) is 19.0. The van der Waals surface area contributed by atoms with Crippen LogP contribution in [0.25, 0.3) is 22.4 Å². The maximum Gasteiger partial charge on any atom is 0.218 e. The predicted octanol–water partition coefficient (Wildman–Crippen LogP) is 3.90. The molecule has 3 aromatic rings. The number of nitrogens with zero attached hydrogens (tertiary/aromatic N) is 3. The lowest BCUT2D eigenvalue weighted by molar-refractivity contribution is -0.191. The summed E-state index contributed by atoms with van der Waals surface area (Å²) in [5.41, 5.74) is 5.20. The third-order valence-electron chi connectivity index (χ3n) is 6.77. The van der Waals surface area contributed by atoms with Crippen molar-refractivity contribution in [2.75, 3.05) is 46.6 Å². The molecule has 7 heteroatoms. The molecule has 1 spiro atoms. The summed E-state index contributed by atoms with van der Waals surface area (Å²) in [6, 6.07) is 18.0. The Balaban J connectivity index is 1.31. The molecule has 2 saturated heterocycles. The van der Waals surface area contributed by atoms with Crippen LogP contribution in [0.1, 0.15) is 11.1 Å². The molecule has 4 heterocycles. The number of nitriles is 1. The van der Waals surface area contributed by atoms with E-state index < -0.39 is 0 Å². The third-order valence-corrected chi connectivity index (χ3v) is 6.77. The molecule has 34 heavy (non-hydrogen) atoms. The second-order valence-corrected chi connectivity index (χ2v) is 9.20. The summed E-state index contributed by atoms with van der Waals surface area (Å²) in [5, 5.41) is 10.1. The number of benzene rings is 2. The first-order valence-corrected chi connectivity index (χ1v) is 11.5. The van der Waals surface area contributed by atoms with Crippen LogP contribution >= 0.6 is 0 Å². The summed E-state index contributed by atoms with van der Waals surface area (Å²) in [6.45, 7) is 5.69. The van der Waals surface area contributed by atoms with Gasteiger partial charge in [0.15, 0.2) is 11.5 Å². The van der Waals surface area contributed by atoms with Crippen molar-refractivity contribution in [1.29, 1.82) is 5.26 Å². The molecule has 0 N–H and O–H groups in total. The second-order valence-electron chi connectivity index (χ2n) is 9.20. The molecule has 6 rings (SSSR count). The molecule has 0 radical (unpaired) electrons. The molecular formula is C27H25N3O4. The van der Waals surface area contributed by atoms with Gasteiger partial charge in [-0.25, -0.2) is 4.98 Å². The molecule has 0 bridgehead atoms. The average Bonchev–Trinajstić information content (AvgIpc) is 2.84. The SMILES string of the molecule is COc1nc(-c2cccc(-c3ccc4c(c3)OCCO4)c2C#N)ccc1CN1CC2(COC2)C1. The van der Waals surface area contributed by atoms with Crippen molar-refractivity contribution in [3.8, 4) is 45.8 Å². The minimum Gasteiger partial charge on any atom is -0.486 e. The highest BCUT2D eigenvalue weighted by Crippen LogP contribution is 2.40. The smallest absolute Gasteiger partial charge is 0.218 e. The fourth-order valence-corrected chi connectivity index (χ4v) is 5.08. The Kier molecular flexibility index (Phi) is 5.13. The Hall–Kier alpha value is -3.60. The first kappa shape index (κ1) is 21.0. The number of methoxy groups -OCH3 is 1. The second kappa shape index (κ2) is 8.32. The van der Waals surface area contributed by atoms with Crippen molar-refractivity contribution in [1.82, 2.24) is 9.88 Å².